The second-order valence-electron chi connectivity index (χ2n) is 7.47. The van der Waals surface area contributed by atoms with Gasteiger partial charge in [-0.05, 0) is 67.3 Å². The van der Waals surface area contributed by atoms with Gasteiger partial charge in [0.05, 0.1) is 24.9 Å². The Bertz CT molecular complexity index is 867. The minimum absolute atomic E-state index is 0.123. The second-order valence-corrected chi connectivity index (χ2v) is 9.03. The van der Waals surface area contributed by atoms with Crippen LogP contribution in [0.4, 0.5) is 0 Å². The quantitative estimate of drug-likeness (QED) is 0.154. The average Bonchev–Trinajstić information content (AvgIpc) is 2.86. The summed E-state index contributed by atoms with van der Waals surface area (Å²) in [7, 11) is 0.272. The van der Waals surface area contributed by atoms with Crippen LogP contribution in [0.3, 0.4) is 0 Å². The van der Waals surface area contributed by atoms with Gasteiger partial charge < -0.3 is 23.5 Å². The maximum Gasteiger partial charge on any atom is 0.493 e. The fourth-order valence-electron chi connectivity index (χ4n) is 3.08. The minimum atomic E-state index is -0.440. The predicted octanol–water partition coefficient (Wildman–Crippen LogP) is 3.44. The van der Waals surface area contributed by atoms with E-state index in [-0.39, 0.29) is 13.1 Å². The van der Waals surface area contributed by atoms with Crippen molar-refractivity contribution in [3.63, 3.8) is 0 Å². The first-order valence-corrected chi connectivity index (χ1v) is 12.7. The van der Waals surface area contributed by atoms with E-state index in [1.807, 2.05) is 12.1 Å². The van der Waals surface area contributed by atoms with Crippen LogP contribution in [0, 0.1) is 0 Å². The number of unbranched alkanes of at least 4 members (excludes halogenated alkanes) is 1. The molecular formula is C24H30BO7P. The van der Waals surface area contributed by atoms with Gasteiger partial charge in [-0.25, -0.2) is 4.79 Å². The summed E-state index contributed by atoms with van der Waals surface area (Å²) in [5.74, 6) is 0.562. The summed E-state index contributed by atoms with van der Waals surface area (Å²) in [5.41, 5.74) is 1.33. The van der Waals surface area contributed by atoms with E-state index >= 15 is 0 Å². The molecule has 1 aliphatic rings. The third kappa shape index (κ3) is 8.80. The van der Waals surface area contributed by atoms with Gasteiger partial charge in [-0.3, -0.25) is 4.79 Å². The lowest BCUT2D eigenvalue weighted by atomic mass is 9.78. The highest BCUT2D eigenvalue weighted by molar-refractivity contribution is 7.39. The molecule has 2 aromatic carbocycles. The number of rotatable bonds is 12. The third-order valence-corrected chi connectivity index (χ3v) is 5.91. The standard InChI is InChI=1S/C24H30BO7P/c1-2-33-18-23(26)29-15-4-3-14-28-21-10-6-19(7-11-21)24(27)32-22-12-8-20(9-13-22)25-30-16-5-17-31-25/h6-13,33H,2-5,14-18H2,1H3. The highest BCUT2D eigenvalue weighted by Crippen LogP contribution is 2.16. The first-order chi connectivity index (χ1) is 16.2. The lowest BCUT2D eigenvalue weighted by molar-refractivity contribution is -0.140. The molecule has 1 saturated heterocycles. The summed E-state index contributed by atoms with van der Waals surface area (Å²) in [6, 6.07) is 14.0. The maximum absolute atomic E-state index is 12.4. The molecule has 1 aliphatic heterocycles. The van der Waals surface area contributed by atoms with Crippen LogP contribution < -0.4 is 14.9 Å². The molecule has 1 fully saturated rings. The normalized spacial score (nSPS) is 13.8. The molecule has 176 valence electrons. The number of ether oxygens (including phenoxy) is 3. The number of carbonyl (C=O) groups is 2. The highest BCUT2D eigenvalue weighted by Gasteiger charge is 2.24. The Balaban J connectivity index is 1.36. The van der Waals surface area contributed by atoms with Crippen molar-refractivity contribution in [3.8, 4) is 11.5 Å². The lowest BCUT2D eigenvalue weighted by Gasteiger charge is -2.19. The Morgan fingerprint density at radius 1 is 0.939 bits per heavy atom. The first kappa shape index (κ1) is 25.2. The number of hydrogen-bond acceptors (Lipinski definition) is 7. The van der Waals surface area contributed by atoms with Crippen LogP contribution in [-0.4, -0.2) is 57.8 Å². The summed E-state index contributed by atoms with van der Waals surface area (Å²) in [6.45, 7) is 4.34. The zero-order chi connectivity index (χ0) is 23.3. The molecule has 0 bridgehead atoms. The maximum atomic E-state index is 12.4. The van der Waals surface area contributed by atoms with E-state index in [0.29, 0.717) is 58.2 Å². The fraction of sp³-hybridized carbons (Fsp3) is 0.417. The molecule has 1 heterocycles. The van der Waals surface area contributed by atoms with Crippen molar-refractivity contribution >= 4 is 33.1 Å². The molecule has 0 spiro atoms. The number of hydrogen-bond donors (Lipinski definition) is 0. The van der Waals surface area contributed by atoms with Gasteiger partial charge in [0.2, 0.25) is 0 Å². The average molecular weight is 472 g/mol. The van der Waals surface area contributed by atoms with Gasteiger partial charge in [0.15, 0.2) is 0 Å². The molecule has 1 atom stereocenters. The molecule has 0 amide bonds. The molecule has 1 unspecified atom stereocenters. The van der Waals surface area contributed by atoms with Crippen molar-refractivity contribution in [3.05, 3.63) is 54.1 Å². The SMILES string of the molecule is CCPCC(=O)OCCCCOc1ccc(C(=O)Oc2ccc(B3OCCCO3)cc2)cc1. The summed E-state index contributed by atoms with van der Waals surface area (Å²) in [4.78, 5) is 23.9. The van der Waals surface area contributed by atoms with Crippen LogP contribution >= 0.6 is 8.58 Å². The highest BCUT2D eigenvalue weighted by atomic mass is 31.1. The smallest absolute Gasteiger partial charge is 0.493 e. The minimum Gasteiger partial charge on any atom is -0.494 e. The molecule has 0 aliphatic carbocycles. The number of carbonyl (C=O) groups excluding carboxylic acids is 2. The Morgan fingerprint density at radius 2 is 1.61 bits per heavy atom. The van der Waals surface area contributed by atoms with Gasteiger partial charge in [0, 0.05) is 13.2 Å². The van der Waals surface area contributed by atoms with Crippen molar-refractivity contribution in [1.29, 1.82) is 0 Å². The van der Waals surface area contributed by atoms with E-state index in [4.69, 9.17) is 23.5 Å². The molecule has 3 rings (SSSR count). The molecular weight excluding hydrogens is 442 g/mol. The van der Waals surface area contributed by atoms with Crippen molar-refractivity contribution in [2.24, 2.45) is 0 Å². The van der Waals surface area contributed by atoms with E-state index in [1.54, 1.807) is 36.4 Å². The zero-order valence-electron chi connectivity index (χ0n) is 18.9. The number of esters is 2. The molecule has 9 heteroatoms. The predicted molar refractivity (Wildman–Crippen MR) is 129 cm³/mol. The van der Waals surface area contributed by atoms with Crippen LogP contribution in [0.15, 0.2) is 48.5 Å². The third-order valence-electron chi connectivity index (χ3n) is 4.87. The van der Waals surface area contributed by atoms with Crippen LogP contribution in [0.2, 0.25) is 0 Å². The van der Waals surface area contributed by atoms with Crippen LogP contribution in [0.5, 0.6) is 11.5 Å². The van der Waals surface area contributed by atoms with Crippen molar-refractivity contribution in [2.45, 2.75) is 26.2 Å². The van der Waals surface area contributed by atoms with E-state index in [2.05, 4.69) is 6.92 Å². The van der Waals surface area contributed by atoms with Gasteiger partial charge in [-0.1, -0.05) is 19.1 Å². The fourth-order valence-corrected chi connectivity index (χ4v) is 3.64. The number of benzene rings is 2. The van der Waals surface area contributed by atoms with Crippen LogP contribution in [0.1, 0.15) is 36.5 Å². The largest absolute Gasteiger partial charge is 0.494 e. The molecule has 2 aromatic rings. The van der Waals surface area contributed by atoms with Gasteiger partial charge in [0.25, 0.3) is 0 Å². The van der Waals surface area contributed by atoms with Gasteiger partial charge in [-0.2, -0.15) is 0 Å². The topological polar surface area (TPSA) is 80.3 Å². The lowest BCUT2D eigenvalue weighted by Crippen LogP contribution is -2.40. The van der Waals surface area contributed by atoms with Crippen molar-refractivity contribution in [1.82, 2.24) is 0 Å². The van der Waals surface area contributed by atoms with Crippen LogP contribution in [0.25, 0.3) is 0 Å². The molecule has 0 saturated carbocycles. The Hall–Kier alpha value is -2.41. The molecule has 33 heavy (non-hydrogen) atoms. The summed E-state index contributed by atoms with van der Waals surface area (Å²) in [6.07, 6.45) is 3.95. The monoisotopic (exact) mass is 472 g/mol. The van der Waals surface area contributed by atoms with Gasteiger partial charge >= 0.3 is 19.1 Å². The van der Waals surface area contributed by atoms with Gasteiger partial charge in [-0.15, -0.1) is 8.58 Å². The molecule has 0 radical (unpaired) electrons. The van der Waals surface area contributed by atoms with Crippen molar-refractivity contribution < 1.29 is 33.1 Å². The Morgan fingerprint density at radius 3 is 2.30 bits per heavy atom. The molecule has 0 N–H and O–H groups in total. The van der Waals surface area contributed by atoms with E-state index in [1.165, 1.54) is 0 Å². The Kier molecular flexibility index (Phi) is 10.7. The second kappa shape index (κ2) is 14.0. The summed E-state index contributed by atoms with van der Waals surface area (Å²) >= 11 is 0. The van der Waals surface area contributed by atoms with E-state index in [0.717, 1.165) is 30.9 Å². The van der Waals surface area contributed by atoms with Crippen LogP contribution in [-0.2, 0) is 18.8 Å². The van der Waals surface area contributed by atoms with Crippen molar-refractivity contribution in [2.75, 3.05) is 38.8 Å². The Labute approximate surface area is 197 Å². The zero-order valence-corrected chi connectivity index (χ0v) is 19.9. The van der Waals surface area contributed by atoms with Gasteiger partial charge in [0.1, 0.15) is 11.5 Å². The summed E-state index contributed by atoms with van der Waals surface area (Å²) < 4.78 is 27.5. The molecule has 7 nitrogen and oxygen atoms in total. The molecule has 0 aromatic heterocycles. The summed E-state index contributed by atoms with van der Waals surface area (Å²) in [5, 5.41) is 0. The van der Waals surface area contributed by atoms with E-state index in [9.17, 15) is 9.59 Å². The first-order valence-electron chi connectivity index (χ1n) is 11.3. The van der Waals surface area contributed by atoms with E-state index < -0.39 is 5.97 Å².